The lowest BCUT2D eigenvalue weighted by Gasteiger charge is -2.38. The van der Waals surface area contributed by atoms with Crippen molar-refractivity contribution >= 4 is 17.8 Å². The molecule has 0 bridgehead atoms. The first-order valence-electron chi connectivity index (χ1n) is 5.74. The Morgan fingerprint density at radius 3 is 2.24 bits per heavy atom. The number of urea groups is 1. The molecule has 17 heavy (non-hydrogen) atoms. The van der Waals surface area contributed by atoms with Crippen molar-refractivity contribution in [2.45, 2.75) is 39.7 Å². The molecule has 1 atom stereocenters. The minimum absolute atomic E-state index is 0.0975. The van der Waals surface area contributed by atoms with Crippen LogP contribution in [0.3, 0.4) is 0 Å². The van der Waals surface area contributed by atoms with Crippen LogP contribution < -0.4 is 5.32 Å². The zero-order chi connectivity index (χ0) is 13.2. The van der Waals surface area contributed by atoms with Crippen LogP contribution >= 0.6 is 0 Å². The smallest absolute Gasteiger partial charge is 0.330 e. The van der Waals surface area contributed by atoms with E-state index in [1.54, 1.807) is 13.8 Å². The van der Waals surface area contributed by atoms with Gasteiger partial charge in [-0.15, -0.1) is 0 Å². The summed E-state index contributed by atoms with van der Waals surface area (Å²) in [6.45, 7) is 4.85. The van der Waals surface area contributed by atoms with Gasteiger partial charge in [0.15, 0.2) is 0 Å². The highest BCUT2D eigenvalue weighted by molar-refractivity contribution is 6.19. The summed E-state index contributed by atoms with van der Waals surface area (Å²) in [5, 5.41) is 11.4. The van der Waals surface area contributed by atoms with Crippen molar-refractivity contribution in [3.05, 3.63) is 0 Å². The molecule has 96 valence electrons. The van der Waals surface area contributed by atoms with Crippen molar-refractivity contribution in [1.82, 2.24) is 10.2 Å². The van der Waals surface area contributed by atoms with Crippen LogP contribution in [0.2, 0.25) is 0 Å². The fraction of sp³-hybridized carbons (Fsp3) is 0.727. The van der Waals surface area contributed by atoms with E-state index in [1.165, 1.54) is 6.92 Å². The Morgan fingerprint density at radius 2 is 1.82 bits per heavy atom. The molecule has 6 heteroatoms. The van der Waals surface area contributed by atoms with Gasteiger partial charge >= 0.3 is 6.03 Å². The maximum absolute atomic E-state index is 12.2. The lowest BCUT2D eigenvalue weighted by molar-refractivity contribution is -0.152. The van der Waals surface area contributed by atoms with Crippen LogP contribution in [-0.2, 0) is 9.59 Å². The van der Waals surface area contributed by atoms with Crippen LogP contribution in [0, 0.1) is 5.41 Å². The molecule has 1 aliphatic rings. The molecular formula is C11H18N2O4. The lowest BCUT2D eigenvalue weighted by Crippen LogP contribution is -2.64. The zero-order valence-electron chi connectivity index (χ0n) is 10.3. The van der Waals surface area contributed by atoms with Crippen LogP contribution in [0.4, 0.5) is 4.79 Å². The summed E-state index contributed by atoms with van der Waals surface area (Å²) < 4.78 is 0. The molecule has 0 saturated carbocycles. The summed E-state index contributed by atoms with van der Waals surface area (Å²) in [5.41, 5.74) is -1.18. The van der Waals surface area contributed by atoms with Gasteiger partial charge in [0.05, 0.1) is 12.6 Å². The largest absolute Gasteiger partial charge is 0.392 e. The van der Waals surface area contributed by atoms with Gasteiger partial charge in [0.2, 0.25) is 11.8 Å². The standard InChI is InChI=1S/C11H18N2O4/c1-4-11(5-2)8(15)12-10(17)13(9(11)16)6-7(3)14/h7,14H,4-6H2,1-3H3,(H,12,15,17). The fourth-order valence-electron chi connectivity index (χ4n) is 2.04. The molecule has 0 aliphatic carbocycles. The van der Waals surface area contributed by atoms with Gasteiger partial charge in [-0.2, -0.15) is 0 Å². The minimum atomic E-state index is -1.18. The molecule has 0 spiro atoms. The lowest BCUT2D eigenvalue weighted by atomic mass is 9.78. The Balaban J connectivity index is 3.07. The highest BCUT2D eigenvalue weighted by Gasteiger charge is 2.51. The molecule has 4 amide bonds. The number of amides is 4. The number of carbonyl (C=O) groups is 3. The second kappa shape index (κ2) is 4.83. The van der Waals surface area contributed by atoms with E-state index in [0.717, 1.165) is 4.90 Å². The topological polar surface area (TPSA) is 86.7 Å². The Bertz CT molecular complexity index is 347. The molecule has 1 saturated heterocycles. The minimum Gasteiger partial charge on any atom is -0.392 e. The quantitative estimate of drug-likeness (QED) is 0.692. The first-order chi connectivity index (χ1) is 7.89. The van der Waals surface area contributed by atoms with Crippen molar-refractivity contribution in [3.63, 3.8) is 0 Å². The van der Waals surface area contributed by atoms with Gasteiger partial charge in [0, 0.05) is 0 Å². The molecule has 0 aromatic carbocycles. The molecule has 0 aromatic rings. The number of imide groups is 2. The second-order valence-corrected chi connectivity index (χ2v) is 4.31. The molecular weight excluding hydrogens is 224 g/mol. The summed E-state index contributed by atoms with van der Waals surface area (Å²) in [4.78, 5) is 36.4. The third kappa shape index (κ3) is 2.17. The van der Waals surface area contributed by atoms with Crippen molar-refractivity contribution in [2.75, 3.05) is 6.54 Å². The van der Waals surface area contributed by atoms with E-state index in [0.29, 0.717) is 12.8 Å². The number of carbonyl (C=O) groups excluding carboxylic acids is 3. The first-order valence-corrected chi connectivity index (χ1v) is 5.74. The summed E-state index contributed by atoms with van der Waals surface area (Å²) in [6.07, 6.45) is -0.153. The van der Waals surface area contributed by atoms with E-state index in [9.17, 15) is 19.5 Å². The zero-order valence-corrected chi connectivity index (χ0v) is 10.3. The Hall–Kier alpha value is -1.43. The average molecular weight is 242 g/mol. The van der Waals surface area contributed by atoms with Crippen LogP contribution in [0.1, 0.15) is 33.6 Å². The van der Waals surface area contributed by atoms with Crippen molar-refractivity contribution < 1.29 is 19.5 Å². The van der Waals surface area contributed by atoms with Crippen LogP contribution in [0.5, 0.6) is 0 Å². The fourth-order valence-corrected chi connectivity index (χ4v) is 2.04. The number of hydrogen-bond acceptors (Lipinski definition) is 4. The maximum atomic E-state index is 12.2. The van der Waals surface area contributed by atoms with E-state index in [1.807, 2.05) is 0 Å². The predicted octanol–water partition coefficient (Wildman–Crippen LogP) is 0.252. The third-order valence-electron chi connectivity index (χ3n) is 3.21. The summed E-state index contributed by atoms with van der Waals surface area (Å²) in [7, 11) is 0. The van der Waals surface area contributed by atoms with E-state index in [-0.39, 0.29) is 6.54 Å². The monoisotopic (exact) mass is 242 g/mol. The van der Waals surface area contributed by atoms with Gasteiger partial charge < -0.3 is 5.11 Å². The molecule has 6 nitrogen and oxygen atoms in total. The third-order valence-corrected chi connectivity index (χ3v) is 3.21. The Morgan fingerprint density at radius 1 is 1.29 bits per heavy atom. The number of aliphatic hydroxyl groups excluding tert-OH is 1. The Labute approximate surface area is 100.0 Å². The predicted molar refractivity (Wildman–Crippen MR) is 59.9 cm³/mol. The van der Waals surface area contributed by atoms with Gasteiger partial charge in [0.1, 0.15) is 5.41 Å². The van der Waals surface area contributed by atoms with Gasteiger partial charge in [-0.25, -0.2) is 4.79 Å². The first kappa shape index (κ1) is 13.6. The normalized spacial score (nSPS) is 21.4. The van der Waals surface area contributed by atoms with E-state index < -0.39 is 29.4 Å². The highest BCUT2D eigenvalue weighted by Crippen LogP contribution is 2.32. The Kier molecular flexibility index (Phi) is 3.87. The van der Waals surface area contributed by atoms with Crippen LogP contribution in [0.25, 0.3) is 0 Å². The molecule has 1 fully saturated rings. The van der Waals surface area contributed by atoms with Crippen molar-refractivity contribution in [2.24, 2.45) is 5.41 Å². The van der Waals surface area contributed by atoms with Gasteiger partial charge in [-0.05, 0) is 19.8 Å². The van der Waals surface area contributed by atoms with Gasteiger partial charge in [0.25, 0.3) is 0 Å². The number of barbiturate groups is 1. The number of hydrogen-bond donors (Lipinski definition) is 2. The SMILES string of the molecule is CCC1(CC)C(=O)NC(=O)N(CC(C)O)C1=O. The second-order valence-electron chi connectivity index (χ2n) is 4.31. The number of β-amino-alcohol motifs (C(OH)–C–C–N with tert-alkyl or cyclic N) is 1. The summed E-state index contributed by atoms with van der Waals surface area (Å²) >= 11 is 0. The molecule has 0 aromatic heterocycles. The van der Waals surface area contributed by atoms with Gasteiger partial charge in [-0.3, -0.25) is 19.8 Å². The molecule has 1 heterocycles. The summed E-state index contributed by atoms with van der Waals surface area (Å²) in [6, 6.07) is -0.751. The summed E-state index contributed by atoms with van der Waals surface area (Å²) in [5.74, 6) is -1.06. The number of nitrogens with one attached hydrogen (secondary N) is 1. The molecule has 1 unspecified atom stereocenters. The molecule has 1 rings (SSSR count). The highest BCUT2D eigenvalue weighted by atomic mass is 16.3. The van der Waals surface area contributed by atoms with E-state index in [2.05, 4.69) is 5.32 Å². The van der Waals surface area contributed by atoms with Crippen molar-refractivity contribution in [3.8, 4) is 0 Å². The number of nitrogens with zero attached hydrogens (tertiary/aromatic N) is 1. The average Bonchev–Trinajstić information content (AvgIpc) is 2.26. The number of rotatable bonds is 4. The molecule has 0 radical (unpaired) electrons. The van der Waals surface area contributed by atoms with Gasteiger partial charge in [-0.1, -0.05) is 13.8 Å². The number of aliphatic hydroxyl groups is 1. The molecule has 1 aliphatic heterocycles. The van der Waals surface area contributed by atoms with Crippen LogP contribution in [0.15, 0.2) is 0 Å². The van der Waals surface area contributed by atoms with E-state index >= 15 is 0 Å². The maximum Gasteiger partial charge on any atom is 0.330 e. The van der Waals surface area contributed by atoms with E-state index in [4.69, 9.17) is 0 Å². The molecule has 2 N–H and O–H groups in total. The van der Waals surface area contributed by atoms with Crippen molar-refractivity contribution in [1.29, 1.82) is 0 Å². The van der Waals surface area contributed by atoms with Crippen LogP contribution in [-0.4, -0.2) is 40.5 Å².